The highest BCUT2D eigenvalue weighted by Gasteiger charge is 2.28. The van der Waals surface area contributed by atoms with Crippen molar-refractivity contribution in [3.8, 4) is 34.0 Å². The zero-order valence-electron chi connectivity index (χ0n) is 25.9. The minimum Gasteiger partial charge on any atom is -0.497 e. The van der Waals surface area contributed by atoms with E-state index in [0.29, 0.717) is 18.8 Å². The Kier molecular flexibility index (Phi) is 9.52. The maximum absolute atomic E-state index is 13.5. The average molecular weight is 619 g/mol. The Morgan fingerprint density at radius 1 is 0.733 bits per heavy atom. The molecule has 0 aliphatic carbocycles. The lowest BCUT2D eigenvalue weighted by Crippen LogP contribution is -2.50. The number of methoxy groups -OCH3 is 2. The van der Waals surface area contributed by atoms with E-state index in [-0.39, 0.29) is 11.9 Å². The first-order valence-electron chi connectivity index (χ1n) is 15.2. The van der Waals surface area contributed by atoms with E-state index < -0.39 is 0 Å². The van der Waals surface area contributed by atoms with Crippen molar-refractivity contribution in [1.29, 1.82) is 0 Å². The van der Waals surface area contributed by atoms with Crippen LogP contribution in [0.2, 0.25) is 0 Å². The highest BCUT2D eigenvalue weighted by Crippen LogP contribution is 2.37. The molecule has 1 saturated heterocycles. The molecular weight excluding hydrogens is 580 g/mol. The fraction of sp³-hybridized carbons (Fsp3) is 0.243. The number of thioether (sulfide) groups is 1. The molecule has 1 fully saturated rings. The van der Waals surface area contributed by atoms with Gasteiger partial charge in [0.25, 0.3) is 0 Å². The molecule has 45 heavy (non-hydrogen) atoms. The van der Waals surface area contributed by atoms with E-state index in [4.69, 9.17) is 14.5 Å². The van der Waals surface area contributed by atoms with Crippen molar-refractivity contribution in [3.63, 3.8) is 0 Å². The van der Waals surface area contributed by atoms with Crippen LogP contribution in [0.5, 0.6) is 11.5 Å². The third-order valence-corrected chi connectivity index (χ3v) is 9.38. The summed E-state index contributed by atoms with van der Waals surface area (Å²) in [7, 11) is 5.34. The topological polar surface area (TPSA) is 59.8 Å². The third kappa shape index (κ3) is 6.77. The summed E-state index contributed by atoms with van der Waals surface area (Å²) >= 11 is 1.49. The van der Waals surface area contributed by atoms with E-state index in [1.165, 1.54) is 22.9 Å². The number of aromatic nitrogens is 2. The largest absolute Gasteiger partial charge is 0.497 e. The SMILES string of the molecule is COc1ccc(-c2nc(SCC(=O)N3CCN(C(c4ccccc4)c4ccccc4)CC3)n(C)c2-c2ccc(OC)cc2)cc1. The third-order valence-electron chi connectivity index (χ3n) is 8.37. The zero-order valence-corrected chi connectivity index (χ0v) is 26.7. The molecule has 0 radical (unpaired) electrons. The first-order valence-corrected chi connectivity index (χ1v) is 16.1. The van der Waals surface area contributed by atoms with E-state index in [1.54, 1.807) is 14.2 Å². The van der Waals surface area contributed by atoms with Crippen LogP contribution in [0.25, 0.3) is 22.5 Å². The molecule has 0 unspecified atom stereocenters. The molecule has 0 N–H and O–H groups in total. The maximum Gasteiger partial charge on any atom is 0.233 e. The van der Waals surface area contributed by atoms with Crippen molar-refractivity contribution in [2.24, 2.45) is 7.05 Å². The van der Waals surface area contributed by atoms with Crippen LogP contribution in [0.4, 0.5) is 0 Å². The number of piperazine rings is 1. The minimum absolute atomic E-state index is 0.135. The number of rotatable bonds is 10. The summed E-state index contributed by atoms with van der Waals surface area (Å²) in [5, 5.41) is 0.798. The van der Waals surface area contributed by atoms with E-state index in [0.717, 1.165) is 52.3 Å². The van der Waals surface area contributed by atoms with Gasteiger partial charge in [0.1, 0.15) is 11.5 Å². The summed E-state index contributed by atoms with van der Waals surface area (Å²) in [6, 6.07) is 37.4. The number of carbonyl (C=O) groups is 1. The predicted molar refractivity (Wildman–Crippen MR) is 181 cm³/mol. The van der Waals surface area contributed by atoms with Gasteiger partial charge in [0.2, 0.25) is 5.91 Å². The van der Waals surface area contributed by atoms with Crippen LogP contribution in [-0.2, 0) is 11.8 Å². The monoisotopic (exact) mass is 618 g/mol. The molecule has 7 nitrogen and oxygen atoms in total. The molecule has 6 rings (SSSR count). The van der Waals surface area contributed by atoms with Gasteiger partial charge in [-0.3, -0.25) is 9.69 Å². The van der Waals surface area contributed by atoms with Crippen molar-refractivity contribution in [3.05, 3.63) is 120 Å². The number of nitrogens with zero attached hydrogens (tertiary/aromatic N) is 4. The Bertz CT molecular complexity index is 1660. The van der Waals surface area contributed by atoms with Crippen LogP contribution in [0.15, 0.2) is 114 Å². The molecule has 0 saturated carbocycles. The van der Waals surface area contributed by atoms with E-state index in [2.05, 4.69) is 70.1 Å². The Morgan fingerprint density at radius 3 is 1.76 bits per heavy atom. The Morgan fingerprint density at radius 2 is 1.24 bits per heavy atom. The van der Waals surface area contributed by atoms with Crippen LogP contribution in [0, 0.1) is 0 Å². The number of hydrogen-bond acceptors (Lipinski definition) is 6. The summed E-state index contributed by atoms with van der Waals surface area (Å²) in [5.41, 5.74) is 6.40. The summed E-state index contributed by atoms with van der Waals surface area (Å²) in [5.74, 6) is 2.05. The van der Waals surface area contributed by atoms with Gasteiger partial charge in [-0.1, -0.05) is 72.4 Å². The lowest BCUT2D eigenvalue weighted by molar-refractivity contribution is -0.130. The summed E-state index contributed by atoms with van der Waals surface area (Å²) < 4.78 is 12.8. The molecule has 8 heteroatoms. The van der Waals surface area contributed by atoms with Gasteiger partial charge in [-0.05, 0) is 59.7 Å². The minimum atomic E-state index is 0.135. The molecule has 2 heterocycles. The van der Waals surface area contributed by atoms with Gasteiger partial charge in [0, 0.05) is 44.4 Å². The average Bonchev–Trinajstić information content (AvgIpc) is 3.44. The second kappa shape index (κ2) is 14.1. The van der Waals surface area contributed by atoms with Crippen LogP contribution >= 0.6 is 11.8 Å². The fourth-order valence-corrected chi connectivity index (χ4v) is 6.84. The molecule has 0 bridgehead atoms. The smallest absolute Gasteiger partial charge is 0.233 e. The lowest BCUT2D eigenvalue weighted by Gasteiger charge is -2.39. The van der Waals surface area contributed by atoms with Crippen LogP contribution in [-0.4, -0.2) is 71.4 Å². The number of ether oxygens (including phenoxy) is 2. The predicted octanol–water partition coefficient (Wildman–Crippen LogP) is 6.80. The van der Waals surface area contributed by atoms with Gasteiger partial charge in [0.05, 0.1) is 37.4 Å². The van der Waals surface area contributed by atoms with Crippen molar-refractivity contribution in [1.82, 2.24) is 19.4 Å². The molecule has 0 atom stereocenters. The highest BCUT2D eigenvalue weighted by molar-refractivity contribution is 7.99. The summed E-state index contributed by atoms with van der Waals surface area (Å²) in [6.45, 7) is 3.03. The van der Waals surface area contributed by atoms with Gasteiger partial charge in [0.15, 0.2) is 5.16 Å². The second-order valence-electron chi connectivity index (χ2n) is 11.0. The Hall–Kier alpha value is -4.53. The first kappa shape index (κ1) is 30.5. The quantitative estimate of drug-likeness (QED) is 0.161. The number of amides is 1. The molecule has 1 amide bonds. The molecule has 5 aromatic rings. The number of benzene rings is 4. The molecule has 1 aromatic heterocycles. The molecular formula is C37H38N4O3S. The van der Waals surface area contributed by atoms with Crippen molar-refractivity contribution >= 4 is 17.7 Å². The van der Waals surface area contributed by atoms with Gasteiger partial charge < -0.3 is 18.9 Å². The second-order valence-corrected chi connectivity index (χ2v) is 12.0. The van der Waals surface area contributed by atoms with Crippen molar-refractivity contribution < 1.29 is 14.3 Å². The Labute approximate surface area is 269 Å². The normalized spacial score (nSPS) is 13.6. The summed E-state index contributed by atoms with van der Waals surface area (Å²) in [6.07, 6.45) is 0. The van der Waals surface area contributed by atoms with E-state index in [1.807, 2.05) is 60.5 Å². The van der Waals surface area contributed by atoms with Crippen LogP contribution in [0.1, 0.15) is 17.2 Å². The number of hydrogen-bond donors (Lipinski definition) is 0. The van der Waals surface area contributed by atoms with Crippen molar-refractivity contribution in [2.75, 3.05) is 46.2 Å². The van der Waals surface area contributed by atoms with Crippen LogP contribution in [0.3, 0.4) is 0 Å². The molecule has 1 aliphatic rings. The maximum atomic E-state index is 13.5. The fourth-order valence-electron chi connectivity index (χ4n) is 5.97. The van der Waals surface area contributed by atoms with Gasteiger partial charge in [-0.15, -0.1) is 0 Å². The lowest BCUT2D eigenvalue weighted by atomic mass is 9.96. The number of imidazole rings is 1. The molecule has 1 aliphatic heterocycles. The van der Waals surface area contributed by atoms with Gasteiger partial charge >= 0.3 is 0 Å². The molecule has 0 spiro atoms. The van der Waals surface area contributed by atoms with Gasteiger partial charge in [-0.25, -0.2) is 4.98 Å². The van der Waals surface area contributed by atoms with E-state index in [9.17, 15) is 4.79 Å². The highest BCUT2D eigenvalue weighted by atomic mass is 32.2. The van der Waals surface area contributed by atoms with Gasteiger partial charge in [-0.2, -0.15) is 0 Å². The number of carbonyl (C=O) groups excluding carboxylic acids is 1. The standard InChI is InChI=1S/C37H38N4O3S/c1-39-36(30-16-20-32(44-3)21-17-30)34(27-14-18-31(43-2)19-15-27)38-37(39)45-26-33(42)40-22-24-41(25-23-40)35(28-10-6-4-7-11-28)29-12-8-5-9-13-29/h4-21,35H,22-26H2,1-3H3. The Balaban J connectivity index is 1.17. The summed E-state index contributed by atoms with van der Waals surface area (Å²) in [4.78, 5) is 23.0. The van der Waals surface area contributed by atoms with Crippen molar-refractivity contribution in [2.45, 2.75) is 11.2 Å². The first-order chi connectivity index (χ1) is 22.1. The van der Waals surface area contributed by atoms with Crippen LogP contribution < -0.4 is 9.47 Å². The zero-order chi connectivity index (χ0) is 31.2. The molecule has 4 aromatic carbocycles. The van der Waals surface area contributed by atoms with E-state index >= 15 is 0 Å². The molecule has 230 valence electrons.